The second-order valence-corrected chi connectivity index (χ2v) is 5.34. The topological polar surface area (TPSA) is 124 Å². The molecule has 0 bridgehead atoms. The number of benzene rings is 1. The number of rotatable bonds is 3. The van der Waals surface area contributed by atoms with Gasteiger partial charge in [-0.05, 0) is 25.0 Å². The van der Waals surface area contributed by atoms with E-state index in [1.165, 1.54) is 12.1 Å². The molecule has 2 aromatic heterocycles. The molecule has 1 aromatic carbocycles. The molecule has 8 nitrogen and oxygen atoms in total. The third-order valence-electron chi connectivity index (χ3n) is 3.78. The highest BCUT2D eigenvalue weighted by atomic mass is 16.6. The zero-order valence-electron chi connectivity index (χ0n) is 11.5. The molecule has 3 aromatic rings. The minimum Gasteiger partial charge on any atom is -0.382 e. The van der Waals surface area contributed by atoms with Crippen molar-refractivity contribution in [1.29, 1.82) is 0 Å². The summed E-state index contributed by atoms with van der Waals surface area (Å²) in [5.74, 6) is 1.32. The van der Waals surface area contributed by atoms with E-state index in [4.69, 9.17) is 5.73 Å². The molecule has 1 saturated carbocycles. The lowest BCUT2D eigenvalue weighted by Crippen LogP contribution is -1.98. The van der Waals surface area contributed by atoms with Gasteiger partial charge in [0.2, 0.25) is 0 Å². The molecule has 110 valence electrons. The van der Waals surface area contributed by atoms with Gasteiger partial charge in [-0.2, -0.15) is 5.10 Å². The third-order valence-corrected chi connectivity index (χ3v) is 3.78. The van der Waals surface area contributed by atoms with Crippen LogP contribution in [0.3, 0.4) is 0 Å². The van der Waals surface area contributed by atoms with Crippen molar-refractivity contribution in [2.45, 2.75) is 18.8 Å². The van der Waals surface area contributed by atoms with Gasteiger partial charge in [-0.15, -0.1) is 0 Å². The summed E-state index contributed by atoms with van der Waals surface area (Å²) in [6.45, 7) is 0. The average molecular weight is 296 g/mol. The second-order valence-electron chi connectivity index (χ2n) is 5.34. The standard InChI is InChI=1S/C14H12N6O2/c15-12-10-11(7-1-2-7)16-13(17-14(10)19-18-12)8-3-5-9(6-4-8)20(21)22/h3-7H,1-2H2,(H3,15,16,17,18,19). The first-order valence-corrected chi connectivity index (χ1v) is 6.90. The number of H-pyrrole nitrogens is 1. The van der Waals surface area contributed by atoms with Crippen LogP contribution < -0.4 is 5.73 Å². The highest BCUT2D eigenvalue weighted by Crippen LogP contribution is 2.43. The van der Waals surface area contributed by atoms with Crippen molar-refractivity contribution >= 4 is 22.5 Å². The number of nitrogens with two attached hydrogens (primary N) is 1. The van der Waals surface area contributed by atoms with Gasteiger partial charge in [-0.3, -0.25) is 15.2 Å². The summed E-state index contributed by atoms with van der Waals surface area (Å²) in [6.07, 6.45) is 2.16. The lowest BCUT2D eigenvalue weighted by molar-refractivity contribution is -0.384. The van der Waals surface area contributed by atoms with Crippen LogP contribution in [0.25, 0.3) is 22.4 Å². The van der Waals surface area contributed by atoms with E-state index < -0.39 is 4.92 Å². The van der Waals surface area contributed by atoms with Crippen LogP contribution in [0, 0.1) is 10.1 Å². The predicted octanol–water partition coefficient (Wildman–Crippen LogP) is 2.39. The molecule has 8 heteroatoms. The van der Waals surface area contributed by atoms with Crippen molar-refractivity contribution in [3.05, 3.63) is 40.1 Å². The van der Waals surface area contributed by atoms with Gasteiger partial charge in [0.25, 0.3) is 5.69 Å². The first-order valence-electron chi connectivity index (χ1n) is 6.90. The third kappa shape index (κ3) is 1.96. The number of nitrogens with zero attached hydrogens (tertiary/aromatic N) is 4. The van der Waals surface area contributed by atoms with Crippen molar-refractivity contribution in [2.24, 2.45) is 0 Å². The van der Waals surface area contributed by atoms with Crippen LogP contribution in [0.15, 0.2) is 24.3 Å². The van der Waals surface area contributed by atoms with E-state index in [9.17, 15) is 10.1 Å². The van der Waals surface area contributed by atoms with Crippen LogP contribution in [-0.2, 0) is 0 Å². The molecule has 0 spiro atoms. The van der Waals surface area contributed by atoms with Gasteiger partial charge in [-0.1, -0.05) is 0 Å². The van der Waals surface area contributed by atoms with E-state index in [-0.39, 0.29) is 5.69 Å². The molecular formula is C14H12N6O2. The molecule has 4 rings (SSSR count). The van der Waals surface area contributed by atoms with Crippen LogP contribution in [0.2, 0.25) is 0 Å². The van der Waals surface area contributed by atoms with Gasteiger partial charge in [0.15, 0.2) is 17.3 Å². The fourth-order valence-electron chi connectivity index (χ4n) is 2.49. The van der Waals surface area contributed by atoms with Crippen molar-refractivity contribution in [1.82, 2.24) is 20.2 Å². The summed E-state index contributed by atoms with van der Waals surface area (Å²) in [4.78, 5) is 19.3. The normalized spacial score (nSPS) is 14.4. The Hall–Kier alpha value is -3.03. The van der Waals surface area contributed by atoms with Gasteiger partial charge in [0, 0.05) is 23.6 Å². The molecule has 2 heterocycles. The summed E-state index contributed by atoms with van der Waals surface area (Å²) >= 11 is 0. The van der Waals surface area contributed by atoms with Gasteiger partial charge < -0.3 is 5.73 Å². The minimum atomic E-state index is -0.431. The van der Waals surface area contributed by atoms with Crippen molar-refractivity contribution in [3.8, 4) is 11.4 Å². The Morgan fingerprint density at radius 1 is 1.23 bits per heavy atom. The van der Waals surface area contributed by atoms with Crippen molar-refractivity contribution in [3.63, 3.8) is 0 Å². The Kier molecular flexibility index (Phi) is 2.59. The number of fused-ring (bicyclic) bond motifs is 1. The predicted molar refractivity (Wildman–Crippen MR) is 80.2 cm³/mol. The molecule has 3 N–H and O–H groups in total. The van der Waals surface area contributed by atoms with Crippen LogP contribution in [0.5, 0.6) is 0 Å². The van der Waals surface area contributed by atoms with Gasteiger partial charge in [0.1, 0.15) is 0 Å². The van der Waals surface area contributed by atoms with Crippen LogP contribution in [0.1, 0.15) is 24.5 Å². The average Bonchev–Trinajstić information content (AvgIpc) is 3.31. The smallest absolute Gasteiger partial charge is 0.269 e. The molecule has 1 fully saturated rings. The molecule has 0 radical (unpaired) electrons. The summed E-state index contributed by atoms with van der Waals surface area (Å²) in [6, 6.07) is 6.19. The SMILES string of the molecule is Nc1n[nH]c2nc(-c3ccc([N+](=O)[O-])cc3)nc(C3CC3)c12. The summed E-state index contributed by atoms with van der Waals surface area (Å²) in [5.41, 5.74) is 8.16. The first kappa shape index (κ1) is 12.7. The Labute approximate surface area is 124 Å². The van der Waals surface area contributed by atoms with Crippen molar-refractivity contribution < 1.29 is 4.92 Å². The fourth-order valence-corrected chi connectivity index (χ4v) is 2.49. The fraction of sp³-hybridized carbons (Fsp3) is 0.214. The monoisotopic (exact) mass is 296 g/mol. The van der Waals surface area contributed by atoms with E-state index in [1.807, 2.05) is 0 Å². The Bertz CT molecular complexity index is 882. The van der Waals surface area contributed by atoms with E-state index >= 15 is 0 Å². The molecule has 0 unspecified atom stereocenters. The van der Waals surface area contributed by atoms with Crippen LogP contribution in [-0.4, -0.2) is 25.1 Å². The number of non-ortho nitro benzene ring substituents is 1. The maximum atomic E-state index is 10.7. The Balaban J connectivity index is 1.86. The van der Waals surface area contributed by atoms with E-state index in [1.54, 1.807) is 12.1 Å². The molecule has 1 aliphatic rings. The number of nitrogens with one attached hydrogen (secondary N) is 1. The molecule has 0 amide bonds. The number of aromatic amines is 1. The van der Waals surface area contributed by atoms with Gasteiger partial charge >= 0.3 is 0 Å². The van der Waals surface area contributed by atoms with E-state index in [2.05, 4.69) is 20.2 Å². The first-order chi connectivity index (χ1) is 10.6. The number of nitrogen functional groups attached to an aromatic ring is 1. The maximum Gasteiger partial charge on any atom is 0.269 e. The molecule has 22 heavy (non-hydrogen) atoms. The zero-order valence-corrected chi connectivity index (χ0v) is 11.5. The van der Waals surface area contributed by atoms with Crippen LogP contribution >= 0.6 is 0 Å². The second kappa shape index (κ2) is 4.48. The quantitative estimate of drug-likeness (QED) is 0.565. The summed E-state index contributed by atoms with van der Waals surface area (Å²) in [7, 11) is 0. The number of aromatic nitrogens is 4. The number of nitro groups is 1. The molecule has 0 saturated heterocycles. The van der Waals surface area contributed by atoms with E-state index in [0.29, 0.717) is 23.2 Å². The van der Waals surface area contributed by atoms with Gasteiger partial charge in [-0.25, -0.2) is 9.97 Å². The summed E-state index contributed by atoms with van der Waals surface area (Å²) < 4.78 is 0. The lowest BCUT2D eigenvalue weighted by atomic mass is 10.1. The Morgan fingerprint density at radius 3 is 2.59 bits per heavy atom. The van der Waals surface area contributed by atoms with Crippen LogP contribution in [0.4, 0.5) is 11.5 Å². The summed E-state index contributed by atoms with van der Waals surface area (Å²) in [5, 5.41) is 18.3. The Morgan fingerprint density at radius 2 is 1.95 bits per heavy atom. The molecule has 1 aliphatic carbocycles. The highest BCUT2D eigenvalue weighted by molar-refractivity contribution is 5.90. The lowest BCUT2D eigenvalue weighted by Gasteiger charge is -2.05. The number of nitro benzene ring substituents is 1. The van der Waals surface area contributed by atoms with E-state index in [0.717, 1.165) is 29.5 Å². The van der Waals surface area contributed by atoms with Gasteiger partial charge in [0.05, 0.1) is 16.0 Å². The number of hydrogen-bond donors (Lipinski definition) is 2. The molecular weight excluding hydrogens is 284 g/mol. The molecule has 0 atom stereocenters. The van der Waals surface area contributed by atoms with Crippen molar-refractivity contribution in [2.75, 3.05) is 5.73 Å². The largest absolute Gasteiger partial charge is 0.382 e. The maximum absolute atomic E-state index is 10.7. The minimum absolute atomic E-state index is 0.0398. The zero-order chi connectivity index (χ0) is 15.3. The number of anilines is 1. The molecule has 0 aliphatic heterocycles. The highest BCUT2D eigenvalue weighted by Gasteiger charge is 2.29. The number of hydrogen-bond acceptors (Lipinski definition) is 6.